The highest BCUT2D eigenvalue weighted by Gasteiger charge is 2.19. The zero-order chi connectivity index (χ0) is 15.5. The number of aromatic nitrogens is 2. The number of benzene rings is 1. The Morgan fingerprint density at radius 2 is 2.00 bits per heavy atom. The molecule has 1 aromatic heterocycles. The average Bonchev–Trinajstić information content (AvgIpc) is 2.53. The maximum absolute atomic E-state index is 12.4. The molecule has 0 amide bonds. The van der Waals surface area contributed by atoms with E-state index in [1.807, 2.05) is 18.2 Å². The molecule has 1 atom stereocenters. The lowest BCUT2D eigenvalue weighted by molar-refractivity contribution is 0.0794. The Labute approximate surface area is 130 Å². The molecule has 2 aromatic rings. The van der Waals surface area contributed by atoms with E-state index in [0.29, 0.717) is 24.0 Å². The van der Waals surface area contributed by atoms with Crippen LogP contribution in [-0.4, -0.2) is 45.3 Å². The predicted molar refractivity (Wildman–Crippen MR) is 86.8 cm³/mol. The van der Waals surface area contributed by atoms with Gasteiger partial charge in [0, 0.05) is 6.54 Å². The number of β-amino-alcohol motifs (C(OH)–C–C–N with tert-alkyl or cyclic N) is 1. The third-order valence-corrected chi connectivity index (χ3v) is 4.48. The van der Waals surface area contributed by atoms with Crippen LogP contribution in [0.15, 0.2) is 35.4 Å². The minimum atomic E-state index is -0.547. The summed E-state index contributed by atoms with van der Waals surface area (Å²) >= 11 is 0. The van der Waals surface area contributed by atoms with Crippen molar-refractivity contribution in [3.63, 3.8) is 0 Å². The van der Waals surface area contributed by atoms with Gasteiger partial charge in [-0.25, -0.2) is 4.98 Å². The van der Waals surface area contributed by atoms with Crippen molar-refractivity contribution in [3.8, 4) is 0 Å². The molecule has 1 aliphatic rings. The van der Waals surface area contributed by atoms with Gasteiger partial charge in [-0.2, -0.15) is 0 Å². The summed E-state index contributed by atoms with van der Waals surface area (Å²) in [5, 5.41) is 10.9. The summed E-state index contributed by atoms with van der Waals surface area (Å²) in [6.07, 6.45) is 3.36. The van der Waals surface area contributed by atoms with Crippen LogP contribution >= 0.6 is 0 Å². The van der Waals surface area contributed by atoms with Gasteiger partial charge >= 0.3 is 0 Å². The zero-order valence-corrected chi connectivity index (χ0v) is 13.0. The Balaban J connectivity index is 1.67. The monoisotopic (exact) mass is 301 g/mol. The second kappa shape index (κ2) is 6.58. The smallest absolute Gasteiger partial charge is 0.261 e. The van der Waals surface area contributed by atoms with Gasteiger partial charge in [-0.1, -0.05) is 19.1 Å². The van der Waals surface area contributed by atoms with E-state index in [0.717, 1.165) is 19.0 Å². The molecule has 1 aromatic carbocycles. The fraction of sp³-hybridized carbons (Fsp3) is 0.529. The zero-order valence-electron chi connectivity index (χ0n) is 13.0. The molecular formula is C17H23N3O2. The largest absolute Gasteiger partial charge is 0.390 e. The minimum Gasteiger partial charge on any atom is -0.390 e. The first kappa shape index (κ1) is 15.2. The summed E-state index contributed by atoms with van der Waals surface area (Å²) < 4.78 is 1.51. The lowest BCUT2D eigenvalue weighted by Gasteiger charge is -2.31. The quantitative estimate of drug-likeness (QED) is 0.929. The second-order valence-corrected chi connectivity index (χ2v) is 6.36. The van der Waals surface area contributed by atoms with Crippen molar-refractivity contribution in [2.24, 2.45) is 5.92 Å². The molecule has 1 aliphatic heterocycles. The maximum atomic E-state index is 12.4. The molecule has 2 heterocycles. The van der Waals surface area contributed by atoms with Crippen LogP contribution in [0.2, 0.25) is 0 Å². The third kappa shape index (κ3) is 3.36. The van der Waals surface area contributed by atoms with E-state index >= 15 is 0 Å². The van der Waals surface area contributed by atoms with Gasteiger partial charge in [0.25, 0.3) is 5.56 Å². The summed E-state index contributed by atoms with van der Waals surface area (Å²) in [5.74, 6) is 0.778. The van der Waals surface area contributed by atoms with Gasteiger partial charge in [0.05, 0.1) is 29.9 Å². The molecule has 5 nitrogen and oxygen atoms in total. The maximum Gasteiger partial charge on any atom is 0.261 e. The summed E-state index contributed by atoms with van der Waals surface area (Å²) in [5.41, 5.74) is 0.611. The van der Waals surface area contributed by atoms with E-state index in [1.54, 1.807) is 6.07 Å². The van der Waals surface area contributed by atoms with E-state index < -0.39 is 6.10 Å². The van der Waals surface area contributed by atoms with E-state index in [4.69, 9.17) is 0 Å². The molecule has 22 heavy (non-hydrogen) atoms. The molecule has 0 radical (unpaired) electrons. The fourth-order valence-electron chi connectivity index (χ4n) is 3.06. The van der Waals surface area contributed by atoms with Crippen LogP contribution < -0.4 is 5.56 Å². The van der Waals surface area contributed by atoms with Crippen molar-refractivity contribution in [3.05, 3.63) is 40.9 Å². The number of aliphatic hydroxyl groups excluding tert-OH is 1. The van der Waals surface area contributed by atoms with Crippen LogP contribution in [0.3, 0.4) is 0 Å². The van der Waals surface area contributed by atoms with Crippen molar-refractivity contribution in [2.75, 3.05) is 19.6 Å². The van der Waals surface area contributed by atoms with Gasteiger partial charge < -0.3 is 10.0 Å². The average molecular weight is 301 g/mol. The summed E-state index contributed by atoms with van der Waals surface area (Å²) in [7, 11) is 0. The Bertz CT molecular complexity index is 690. The fourth-order valence-corrected chi connectivity index (χ4v) is 3.06. The highest BCUT2D eigenvalue weighted by Crippen LogP contribution is 2.16. The van der Waals surface area contributed by atoms with Gasteiger partial charge in [-0.15, -0.1) is 0 Å². The number of piperidine rings is 1. The molecule has 0 aliphatic carbocycles. The topological polar surface area (TPSA) is 58.4 Å². The van der Waals surface area contributed by atoms with Crippen molar-refractivity contribution < 1.29 is 5.11 Å². The minimum absolute atomic E-state index is 0.0862. The van der Waals surface area contributed by atoms with Crippen LogP contribution in [0.25, 0.3) is 10.9 Å². The predicted octanol–water partition coefficient (Wildman–Crippen LogP) is 1.49. The highest BCUT2D eigenvalue weighted by molar-refractivity contribution is 5.76. The second-order valence-electron chi connectivity index (χ2n) is 6.36. The highest BCUT2D eigenvalue weighted by atomic mass is 16.3. The summed E-state index contributed by atoms with van der Waals surface area (Å²) in [6.45, 7) is 5.25. The summed E-state index contributed by atoms with van der Waals surface area (Å²) in [6, 6.07) is 7.30. The first-order chi connectivity index (χ1) is 10.6. The first-order valence-electron chi connectivity index (χ1n) is 7.98. The Morgan fingerprint density at radius 1 is 1.27 bits per heavy atom. The van der Waals surface area contributed by atoms with Gasteiger partial charge in [0.1, 0.15) is 0 Å². The number of para-hydroxylation sites is 1. The molecular weight excluding hydrogens is 278 g/mol. The summed E-state index contributed by atoms with van der Waals surface area (Å²) in [4.78, 5) is 19.0. The van der Waals surface area contributed by atoms with Crippen LogP contribution in [0, 0.1) is 5.92 Å². The molecule has 1 saturated heterocycles. The molecule has 0 saturated carbocycles. The number of nitrogens with zero attached hydrogens (tertiary/aromatic N) is 3. The molecule has 0 unspecified atom stereocenters. The van der Waals surface area contributed by atoms with E-state index in [1.165, 1.54) is 23.7 Å². The molecule has 0 spiro atoms. The Hall–Kier alpha value is -1.72. The van der Waals surface area contributed by atoms with Gasteiger partial charge in [-0.05, 0) is 44.0 Å². The van der Waals surface area contributed by atoms with Crippen LogP contribution in [0.1, 0.15) is 19.8 Å². The lowest BCUT2D eigenvalue weighted by atomic mass is 9.99. The SMILES string of the molecule is CC1CCN(C[C@@H](O)Cn2cnc3ccccc3c2=O)CC1. The van der Waals surface area contributed by atoms with Crippen molar-refractivity contribution in [1.29, 1.82) is 0 Å². The molecule has 118 valence electrons. The van der Waals surface area contributed by atoms with Crippen LogP contribution in [-0.2, 0) is 6.54 Å². The van der Waals surface area contributed by atoms with Gasteiger partial charge in [-0.3, -0.25) is 9.36 Å². The molecule has 5 heteroatoms. The number of hydrogen-bond acceptors (Lipinski definition) is 4. The number of aliphatic hydroxyl groups is 1. The number of rotatable bonds is 4. The molecule has 1 fully saturated rings. The van der Waals surface area contributed by atoms with E-state index in [-0.39, 0.29) is 5.56 Å². The Morgan fingerprint density at radius 3 is 2.77 bits per heavy atom. The van der Waals surface area contributed by atoms with Gasteiger partial charge in [0.2, 0.25) is 0 Å². The standard InChI is InChI=1S/C17H23N3O2/c1-13-6-8-19(9-7-13)10-14(21)11-20-12-18-16-5-3-2-4-15(16)17(20)22/h2-5,12-14,21H,6-11H2,1H3/t14-/m1/s1. The normalized spacial score (nSPS) is 18.6. The number of likely N-dealkylation sites (tertiary alicyclic amines) is 1. The third-order valence-electron chi connectivity index (χ3n) is 4.48. The number of fused-ring (bicyclic) bond motifs is 1. The van der Waals surface area contributed by atoms with Crippen molar-refractivity contribution >= 4 is 10.9 Å². The molecule has 1 N–H and O–H groups in total. The van der Waals surface area contributed by atoms with Crippen LogP contribution in [0.5, 0.6) is 0 Å². The van der Waals surface area contributed by atoms with Gasteiger partial charge in [0.15, 0.2) is 0 Å². The molecule has 3 rings (SSSR count). The Kier molecular flexibility index (Phi) is 4.55. The molecule has 0 bridgehead atoms. The van der Waals surface area contributed by atoms with E-state index in [2.05, 4.69) is 16.8 Å². The van der Waals surface area contributed by atoms with E-state index in [9.17, 15) is 9.90 Å². The van der Waals surface area contributed by atoms with Crippen molar-refractivity contribution in [1.82, 2.24) is 14.5 Å². The lowest BCUT2D eigenvalue weighted by Crippen LogP contribution is -2.40. The first-order valence-corrected chi connectivity index (χ1v) is 7.98. The van der Waals surface area contributed by atoms with Crippen LogP contribution in [0.4, 0.5) is 0 Å². The number of hydrogen-bond donors (Lipinski definition) is 1. The van der Waals surface area contributed by atoms with Crippen molar-refractivity contribution in [2.45, 2.75) is 32.4 Å².